The summed E-state index contributed by atoms with van der Waals surface area (Å²) in [4.78, 5) is 13.7. The highest BCUT2D eigenvalue weighted by atomic mass is 15.2. The van der Waals surface area contributed by atoms with Gasteiger partial charge in [-0.2, -0.15) is 0 Å². The van der Waals surface area contributed by atoms with E-state index in [4.69, 9.17) is 0 Å². The quantitative estimate of drug-likeness (QED) is 0.0847. The first kappa shape index (κ1) is 73.3. The average Bonchev–Trinajstić information content (AvgIpc) is 1.54. The van der Waals surface area contributed by atoms with Crippen molar-refractivity contribution >= 4 is 85.3 Å². The van der Waals surface area contributed by atoms with Crippen LogP contribution in [0.15, 0.2) is 455 Å². The lowest BCUT2D eigenvalue weighted by atomic mass is 9.67. The number of anilines is 15. The van der Waals surface area contributed by atoms with Crippen molar-refractivity contribution < 1.29 is 0 Å². The third-order valence-corrected chi connectivity index (χ3v) is 22.7. The van der Waals surface area contributed by atoms with Gasteiger partial charge in [-0.15, -0.1) is 0 Å². The summed E-state index contributed by atoms with van der Waals surface area (Å²) in [6.45, 7) is 4.70. The molecule has 2 aliphatic rings. The van der Waals surface area contributed by atoms with Crippen LogP contribution in [0.5, 0.6) is 0 Å². The molecule has 0 saturated heterocycles. The second-order valence-electron chi connectivity index (χ2n) is 29.8. The van der Waals surface area contributed by atoms with Crippen molar-refractivity contribution in [1.82, 2.24) is 0 Å². The highest BCUT2D eigenvalue weighted by Gasteiger charge is 2.47. The van der Waals surface area contributed by atoms with Crippen molar-refractivity contribution in [2.24, 2.45) is 0 Å². The molecule has 0 saturated carbocycles. The Morgan fingerprint density at radius 2 is 0.348 bits per heavy atom. The maximum Gasteiger partial charge on any atom is 0.0715 e. The third kappa shape index (κ3) is 14.7. The number of hydrogen-bond donors (Lipinski definition) is 0. The molecular formula is C109H90N6. The van der Waals surface area contributed by atoms with Crippen molar-refractivity contribution in [2.45, 2.75) is 24.7 Å². The second-order valence-corrected chi connectivity index (χ2v) is 29.8. The van der Waals surface area contributed by atoms with Gasteiger partial charge >= 0.3 is 0 Å². The third-order valence-electron chi connectivity index (χ3n) is 22.7. The van der Waals surface area contributed by atoms with E-state index in [2.05, 4.69) is 513 Å². The Morgan fingerprint density at radius 1 is 0.165 bits per heavy atom. The molecule has 0 aromatic heterocycles. The van der Waals surface area contributed by atoms with E-state index >= 15 is 0 Å². The molecule has 0 unspecified atom stereocenters. The van der Waals surface area contributed by atoms with E-state index in [9.17, 15) is 0 Å². The van der Waals surface area contributed by atoms with Gasteiger partial charge < -0.3 is 29.4 Å². The van der Waals surface area contributed by atoms with E-state index < -0.39 is 5.41 Å². The SMILES string of the molecule is CN(c1ccccc1)c1ccc(-c2ccc(N(c3ccccc3)c3ccccc3)cc2)cc1.CN(c1ccccc1)c1ccc2c(c1)C(C)(C)c1cc(N(c3ccccc3)c3ccccc3)ccc1-2.CN(c1ccccc1)c1ccc2c(c1)C(c1ccccc1)(c1ccccc1)c1cc(N(c3ccccc3)c3ccccc3)ccc1-2. The number of rotatable bonds is 18. The van der Waals surface area contributed by atoms with Crippen LogP contribution in [0.3, 0.4) is 0 Å². The molecule has 19 rings (SSSR count). The summed E-state index contributed by atoms with van der Waals surface area (Å²) < 4.78 is 0. The number of fused-ring (bicyclic) bond motifs is 6. The topological polar surface area (TPSA) is 19.4 Å². The monoisotopic (exact) mass is 1480 g/mol. The van der Waals surface area contributed by atoms with E-state index in [1.807, 2.05) is 6.07 Å². The van der Waals surface area contributed by atoms with Crippen LogP contribution in [0.1, 0.15) is 47.2 Å². The van der Waals surface area contributed by atoms with Gasteiger partial charge in [0.1, 0.15) is 0 Å². The van der Waals surface area contributed by atoms with Gasteiger partial charge in [0, 0.05) is 112 Å². The molecule has 0 heterocycles. The average molecular weight is 1480 g/mol. The fourth-order valence-corrected chi connectivity index (χ4v) is 16.8. The Kier molecular flexibility index (Phi) is 20.9. The number of nitrogens with zero attached hydrogens (tertiary/aromatic N) is 6. The van der Waals surface area contributed by atoms with E-state index in [1.54, 1.807) is 0 Å². The molecule has 17 aromatic carbocycles. The minimum Gasteiger partial charge on any atom is -0.345 e. The highest BCUT2D eigenvalue weighted by Crippen LogP contribution is 2.59. The maximum absolute atomic E-state index is 2.43. The molecule has 6 nitrogen and oxygen atoms in total. The van der Waals surface area contributed by atoms with Gasteiger partial charge in [-0.1, -0.05) is 287 Å². The molecule has 0 fully saturated rings. The zero-order valence-corrected chi connectivity index (χ0v) is 65.5. The summed E-state index contributed by atoms with van der Waals surface area (Å²) in [6.07, 6.45) is 0. The summed E-state index contributed by atoms with van der Waals surface area (Å²) >= 11 is 0. The normalized spacial score (nSPS) is 12.2. The first-order valence-electron chi connectivity index (χ1n) is 39.6. The standard InChI is InChI=1S/C44H34N2.C34H30N2.C31H26N2/c1-45(35-21-11-4-12-22-35)38-27-29-40-41-30-28-39(46(36-23-13-5-14-24-36)37-25-15-6-16-26-37)32-43(41)44(42(40)31-38,33-17-7-2-8-18-33)34-19-9-3-10-20-34;1-34(2)32-23-28(35(3)25-13-7-4-8-14-25)19-21-30(32)31-22-20-29(24-33(31)34)36(26-15-9-5-10-16-26)27-17-11-6-12-18-27;1-32(27-11-5-2-6-12-27)28-21-17-25(18-22-28)26-19-23-31(24-20-26)33(29-13-7-3-8-14-29)30-15-9-4-10-16-30/h2-32H,1H3;4-24H,1-3H3;2-24H,1H3. The van der Waals surface area contributed by atoms with Gasteiger partial charge in [0.15, 0.2) is 0 Å². The first-order valence-corrected chi connectivity index (χ1v) is 39.6. The molecule has 0 N–H and O–H groups in total. The molecule has 0 bridgehead atoms. The van der Waals surface area contributed by atoms with Crippen LogP contribution >= 0.6 is 0 Å². The van der Waals surface area contributed by atoms with E-state index in [0.29, 0.717) is 0 Å². The molecule has 556 valence electrons. The van der Waals surface area contributed by atoms with Crippen LogP contribution in [0.4, 0.5) is 85.3 Å². The van der Waals surface area contributed by atoms with Crippen LogP contribution in [0, 0.1) is 0 Å². The fraction of sp³-hybridized carbons (Fsp3) is 0.0642. The molecule has 6 heteroatoms. The number of benzene rings is 17. The van der Waals surface area contributed by atoms with Crippen LogP contribution in [0.25, 0.3) is 33.4 Å². The predicted molar refractivity (Wildman–Crippen MR) is 487 cm³/mol. The largest absolute Gasteiger partial charge is 0.345 e. The molecule has 17 aromatic rings. The van der Waals surface area contributed by atoms with Crippen LogP contribution in [0.2, 0.25) is 0 Å². The lowest BCUT2D eigenvalue weighted by Crippen LogP contribution is -2.29. The summed E-state index contributed by atoms with van der Waals surface area (Å²) in [6, 6.07) is 163. The summed E-state index contributed by atoms with van der Waals surface area (Å²) in [5.41, 5.74) is 32.2. The van der Waals surface area contributed by atoms with E-state index in [0.717, 1.165) is 56.9 Å². The molecule has 0 radical (unpaired) electrons. The van der Waals surface area contributed by atoms with Gasteiger partial charge in [-0.3, -0.25) is 0 Å². The molecule has 0 amide bonds. The lowest BCUT2D eigenvalue weighted by molar-refractivity contribution is 0.660. The van der Waals surface area contributed by atoms with E-state index in [1.165, 1.54) is 95.2 Å². The number of para-hydroxylation sites is 9. The van der Waals surface area contributed by atoms with Crippen molar-refractivity contribution in [3.05, 3.63) is 488 Å². The van der Waals surface area contributed by atoms with Gasteiger partial charge in [-0.05, 0) is 249 Å². The highest BCUT2D eigenvalue weighted by molar-refractivity contribution is 5.92. The second kappa shape index (κ2) is 32.8. The van der Waals surface area contributed by atoms with Gasteiger partial charge in [0.25, 0.3) is 0 Å². The van der Waals surface area contributed by atoms with Crippen molar-refractivity contribution in [2.75, 3.05) is 50.5 Å². The summed E-state index contributed by atoms with van der Waals surface area (Å²) in [5, 5.41) is 0. The van der Waals surface area contributed by atoms with Gasteiger partial charge in [0.2, 0.25) is 0 Å². The zero-order chi connectivity index (χ0) is 78.1. The van der Waals surface area contributed by atoms with Crippen LogP contribution in [-0.2, 0) is 10.8 Å². The Morgan fingerprint density at radius 3 is 0.643 bits per heavy atom. The minimum absolute atomic E-state index is 0.104. The lowest BCUT2D eigenvalue weighted by Gasteiger charge is -2.35. The predicted octanol–water partition coefficient (Wildman–Crippen LogP) is 29.1. The van der Waals surface area contributed by atoms with Crippen molar-refractivity contribution in [3.8, 4) is 33.4 Å². The van der Waals surface area contributed by atoms with Crippen LogP contribution < -0.4 is 29.4 Å². The van der Waals surface area contributed by atoms with Gasteiger partial charge in [-0.25, -0.2) is 0 Å². The Labute approximate surface area is 677 Å². The summed E-state index contributed by atoms with van der Waals surface area (Å²) in [7, 11) is 6.39. The van der Waals surface area contributed by atoms with E-state index in [-0.39, 0.29) is 5.41 Å². The maximum atomic E-state index is 2.43. The Balaban J connectivity index is 0.000000127. The molecule has 115 heavy (non-hydrogen) atoms. The summed E-state index contributed by atoms with van der Waals surface area (Å²) in [5.74, 6) is 0. The van der Waals surface area contributed by atoms with Crippen molar-refractivity contribution in [1.29, 1.82) is 0 Å². The first-order chi connectivity index (χ1) is 56.6. The Bertz CT molecular complexity index is 5910. The molecule has 2 aliphatic carbocycles. The molecule has 0 spiro atoms. The van der Waals surface area contributed by atoms with Gasteiger partial charge in [0.05, 0.1) is 5.41 Å². The Hall–Kier alpha value is -14.5. The molecule has 0 atom stereocenters. The zero-order valence-electron chi connectivity index (χ0n) is 65.5. The smallest absolute Gasteiger partial charge is 0.0715 e. The van der Waals surface area contributed by atoms with Crippen molar-refractivity contribution in [3.63, 3.8) is 0 Å². The number of hydrogen-bond acceptors (Lipinski definition) is 6. The molecular weight excluding hydrogens is 1390 g/mol. The fourth-order valence-electron chi connectivity index (χ4n) is 16.8. The minimum atomic E-state index is -0.518. The van der Waals surface area contributed by atoms with Crippen LogP contribution in [-0.4, -0.2) is 21.1 Å². The molecule has 0 aliphatic heterocycles.